The minimum atomic E-state index is -3.69. The van der Waals surface area contributed by atoms with E-state index in [0.29, 0.717) is 0 Å². The maximum atomic E-state index is 13.7. The van der Waals surface area contributed by atoms with E-state index in [0.717, 1.165) is 19.3 Å². The number of hydrogen-bond donors (Lipinski definition) is 2. The summed E-state index contributed by atoms with van der Waals surface area (Å²) < 4.78 is 41.2. The first-order valence-corrected chi connectivity index (χ1v) is 8.55. The van der Waals surface area contributed by atoms with E-state index in [1.165, 1.54) is 19.1 Å². The molecule has 21 heavy (non-hydrogen) atoms. The summed E-state index contributed by atoms with van der Waals surface area (Å²) in [5.41, 5.74) is 0.359. The molecule has 1 saturated carbocycles. The number of rotatable bonds is 4. The SMILES string of the molecule is Cc1cc(S(=O)(=O)NC2CCC(C)(C)C2)cc(CO)c1F. The Labute approximate surface area is 125 Å². The average Bonchev–Trinajstić information content (AvgIpc) is 2.70. The number of benzene rings is 1. The van der Waals surface area contributed by atoms with Crippen molar-refractivity contribution >= 4 is 10.0 Å². The van der Waals surface area contributed by atoms with Gasteiger partial charge in [0.1, 0.15) is 5.82 Å². The zero-order chi connectivity index (χ0) is 15.8. The molecule has 4 nitrogen and oxygen atoms in total. The highest BCUT2D eigenvalue weighted by molar-refractivity contribution is 7.89. The molecule has 118 valence electrons. The van der Waals surface area contributed by atoms with Crippen molar-refractivity contribution < 1.29 is 17.9 Å². The zero-order valence-electron chi connectivity index (χ0n) is 12.6. The highest BCUT2D eigenvalue weighted by atomic mass is 32.2. The van der Waals surface area contributed by atoms with Crippen molar-refractivity contribution in [3.8, 4) is 0 Å². The highest BCUT2D eigenvalue weighted by Gasteiger charge is 2.33. The third kappa shape index (κ3) is 3.62. The van der Waals surface area contributed by atoms with E-state index < -0.39 is 22.4 Å². The van der Waals surface area contributed by atoms with Gasteiger partial charge in [-0.3, -0.25) is 0 Å². The van der Waals surface area contributed by atoms with Crippen LogP contribution in [-0.4, -0.2) is 19.6 Å². The summed E-state index contributed by atoms with van der Waals surface area (Å²) in [6.45, 7) is 5.21. The number of hydrogen-bond acceptors (Lipinski definition) is 3. The summed E-state index contributed by atoms with van der Waals surface area (Å²) in [5, 5.41) is 9.13. The Hall–Kier alpha value is -0.980. The Morgan fingerprint density at radius 3 is 2.62 bits per heavy atom. The van der Waals surface area contributed by atoms with Crippen LogP contribution < -0.4 is 4.72 Å². The van der Waals surface area contributed by atoms with E-state index in [2.05, 4.69) is 18.6 Å². The van der Waals surface area contributed by atoms with Crippen molar-refractivity contribution in [1.29, 1.82) is 0 Å². The number of aryl methyl sites for hydroxylation is 1. The Kier molecular flexibility index (Phi) is 4.42. The second kappa shape index (κ2) is 5.66. The number of aliphatic hydroxyl groups is 1. The van der Waals surface area contributed by atoms with Gasteiger partial charge >= 0.3 is 0 Å². The minimum absolute atomic E-state index is 0.00197. The fourth-order valence-corrected chi connectivity index (χ4v) is 4.31. The van der Waals surface area contributed by atoms with Gasteiger partial charge in [0.2, 0.25) is 10.0 Å². The van der Waals surface area contributed by atoms with Crippen molar-refractivity contribution in [2.45, 2.75) is 57.6 Å². The van der Waals surface area contributed by atoms with Gasteiger partial charge in [0.25, 0.3) is 0 Å². The second-order valence-corrected chi connectivity index (χ2v) is 8.31. The van der Waals surface area contributed by atoms with Crippen LogP contribution in [0, 0.1) is 18.2 Å². The molecule has 1 fully saturated rings. The van der Waals surface area contributed by atoms with Crippen molar-refractivity contribution in [3.05, 3.63) is 29.1 Å². The minimum Gasteiger partial charge on any atom is -0.392 e. The Morgan fingerprint density at radius 2 is 2.10 bits per heavy atom. The summed E-state index contributed by atoms with van der Waals surface area (Å²) in [6.07, 6.45) is 2.57. The Morgan fingerprint density at radius 1 is 1.43 bits per heavy atom. The molecule has 1 atom stereocenters. The van der Waals surface area contributed by atoms with Crippen LogP contribution in [0.4, 0.5) is 4.39 Å². The van der Waals surface area contributed by atoms with Crippen molar-refractivity contribution in [1.82, 2.24) is 4.72 Å². The smallest absolute Gasteiger partial charge is 0.240 e. The summed E-state index contributed by atoms with van der Waals surface area (Å²) in [7, 11) is -3.69. The van der Waals surface area contributed by atoms with Crippen LogP contribution in [0.5, 0.6) is 0 Å². The first kappa shape index (κ1) is 16.4. The van der Waals surface area contributed by atoms with Crippen LogP contribution in [0.25, 0.3) is 0 Å². The number of halogens is 1. The van der Waals surface area contributed by atoms with Gasteiger partial charge in [0.05, 0.1) is 11.5 Å². The molecule has 1 unspecified atom stereocenters. The van der Waals surface area contributed by atoms with Gasteiger partial charge in [0.15, 0.2) is 0 Å². The van der Waals surface area contributed by atoms with E-state index in [1.54, 1.807) is 0 Å². The van der Waals surface area contributed by atoms with Gasteiger partial charge in [-0.05, 0) is 49.3 Å². The molecule has 2 N–H and O–H groups in total. The summed E-state index contributed by atoms with van der Waals surface area (Å²) in [4.78, 5) is 0.00940. The van der Waals surface area contributed by atoms with Crippen LogP contribution in [0.1, 0.15) is 44.2 Å². The molecule has 0 amide bonds. The molecule has 6 heteroatoms. The van der Waals surface area contributed by atoms with E-state index in [-0.39, 0.29) is 27.5 Å². The van der Waals surface area contributed by atoms with Crippen LogP contribution in [-0.2, 0) is 16.6 Å². The molecular weight excluding hydrogens is 293 g/mol. The number of sulfonamides is 1. The lowest BCUT2D eigenvalue weighted by atomic mass is 9.92. The lowest BCUT2D eigenvalue weighted by Crippen LogP contribution is -2.33. The summed E-state index contributed by atoms with van der Waals surface area (Å²) >= 11 is 0. The highest BCUT2D eigenvalue weighted by Crippen LogP contribution is 2.37. The maximum absolute atomic E-state index is 13.7. The molecule has 0 spiro atoms. The van der Waals surface area contributed by atoms with E-state index in [1.807, 2.05) is 0 Å². The predicted molar refractivity (Wildman–Crippen MR) is 78.8 cm³/mol. The molecule has 0 heterocycles. The molecule has 1 aliphatic carbocycles. The molecule has 1 aromatic rings. The Bertz CT molecular complexity index is 641. The van der Waals surface area contributed by atoms with Gasteiger partial charge in [-0.15, -0.1) is 0 Å². The lowest BCUT2D eigenvalue weighted by Gasteiger charge is -2.18. The third-order valence-corrected chi connectivity index (χ3v) is 5.57. The van der Waals surface area contributed by atoms with Gasteiger partial charge in [0, 0.05) is 11.6 Å². The predicted octanol–water partition coefficient (Wildman–Crippen LogP) is 2.48. The number of nitrogens with one attached hydrogen (secondary N) is 1. The van der Waals surface area contributed by atoms with Crippen molar-refractivity contribution in [3.63, 3.8) is 0 Å². The van der Waals surface area contributed by atoms with E-state index in [4.69, 9.17) is 5.11 Å². The average molecular weight is 315 g/mol. The van der Waals surface area contributed by atoms with Gasteiger partial charge in [-0.25, -0.2) is 17.5 Å². The quantitative estimate of drug-likeness (QED) is 0.897. The Balaban J connectivity index is 2.26. The van der Waals surface area contributed by atoms with Gasteiger partial charge in [-0.2, -0.15) is 0 Å². The second-order valence-electron chi connectivity index (χ2n) is 6.60. The lowest BCUT2D eigenvalue weighted by molar-refractivity contribution is 0.275. The van der Waals surface area contributed by atoms with Crippen molar-refractivity contribution in [2.24, 2.45) is 5.41 Å². The zero-order valence-corrected chi connectivity index (χ0v) is 13.4. The van der Waals surface area contributed by atoms with Crippen LogP contribution in [0.2, 0.25) is 0 Å². The van der Waals surface area contributed by atoms with Gasteiger partial charge in [-0.1, -0.05) is 13.8 Å². The molecule has 0 bridgehead atoms. The molecule has 0 aromatic heterocycles. The molecule has 0 aliphatic heterocycles. The van der Waals surface area contributed by atoms with E-state index >= 15 is 0 Å². The first-order valence-electron chi connectivity index (χ1n) is 7.07. The van der Waals surface area contributed by atoms with Crippen molar-refractivity contribution in [2.75, 3.05) is 0 Å². The van der Waals surface area contributed by atoms with Gasteiger partial charge < -0.3 is 5.11 Å². The van der Waals surface area contributed by atoms with Crippen LogP contribution in [0.15, 0.2) is 17.0 Å². The fraction of sp³-hybridized carbons (Fsp3) is 0.600. The third-order valence-electron chi connectivity index (χ3n) is 4.07. The molecular formula is C15H22FNO3S. The van der Waals surface area contributed by atoms with Crippen LogP contribution >= 0.6 is 0 Å². The summed E-state index contributed by atoms with van der Waals surface area (Å²) in [5.74, 6) is -0.557. The number of aliphatic hydroxyl groups excluding tert-OH is 1. The maximum Gasteiger partial charge on any atom is 0.240 e. The molecule has 1 aliphatic rings. The molecule has 0 saturated heterocycles. The largest absolute Gasteiger partial charge is 0.392 e. The summed E-state index contributed by atoms with van der Waals surface area (Å²) in [6, 6.07) is 2.41. The van der Waals surface area contributed by atoms with E-state index in [9.17, 15) is 12.8 Å². The monoisotopic (exact) mass is 315 g/mol. The fourth-order valence-electron chi connectivity index (χ4n) is 2.90. The standard InChI is InChI=1S/C15H22FNO3S/c1-10-6-13(7-11(9-18)14(10)16)21(19,20)17-12-4-5-15(2,3)8-12/h6-7,12,17-18H,4-5,8-9H2,1-3H3. The first-order chi connectivity index (χ1) is 9.64. The molecule has 2 rings (SSSR count). The molecule has 1 aromatic carbocycles. The molecule has 0 radical (unpaired) electrons. The van der Waals surface area contributed by atoms with Crippen LogP contribution in [0.3, 0.4) is 0 Å². The topological polar surface area (TPSA) is 66.4 Å². The normalized spacial score (nSPS) is 21.7.